The molecule has 0 unspecified atom stereocenters. The number of nitrogens with zero attached hydrogens (tertiary/aromatic N) is 1. The summed E-state index contributed by atoms with van der Waals surface area (Å²) < 4.78 is 0. The fourth-order valence-corrected chi connectivity index (χ4v) is 2.37. The van der Waals surface area contributed by atoms with E-state index in [1.165, 1.54) is 19.3 Å². The first-order valence-corrected chi connectivity index (χ1v) is 5.95. The molecule has 0 bridgehead atoms. The lowest BCUT2D eigenvalue weighted by molar-refractivity contribution is 0.578. The molecule has 16 heavy (non-hydrogen) atoms. The normalized spacial score (nSPS) is 16.2. The molecule has 1 heterocycles. The van der Waals surface area contributed by atoms with Gasteiger partial charge in [-0.25, -0.2) is 0 Å². The Kier molecular flexibility index (Phi) is 3.34. The van der Waals surface area contributed by atoms with Crippen molar-refractivity contribution in [3.63, 3.8) is 0 Å². The van der Waals surface area contributed by atoms with Crippen LogP contribution in [0.5, 0.6) is 0 Å². The van der Waals surface area contributed by atoms with Crippen LogP contribution in [0.4, 0.5) is 5.69 Å². The van der Waals surface area contributed by atoms with Crippen LogP contribution in [0, 0.1) is 5.41 Å². The van der Waals surface area contributed by atoms with Gasteiger partial charge in [-0.2, -0.15) is 0 Å². The minimum absolute atomic E-state index is 0.0621. The molecular formula is C12H16ClN3. The Balaban J connectivity index is 2.24. The average Bonchev–Trinajstić information content (AvgIpc) is 2.30. The summed E-state index contributed by atoms with van der Waals surface area (Å²) >= 11 is 6.21. The Morgan fingerprint density at radius 3 is 2.50 bits per heavy atom. The maximum Gasteiger partial charge on any atom is 0.122 e. The summed E-state index contributed by atoms with van der Waals surface area (Å²) in [5.74, 6) is 0.0621. The van der Waals surface area contributed by atoms with E-state index in [9.17, 15) is 0 Å². The number of amidine groups is 1. The Morgan fingerprint density at radius 2 is 1.94 bits per heavy atom. The summed E-state index contributed by atoms with van der Waals surface area (Å²) in [6, 6.07) is 5.59. The second-order valence-electron chi connectivity index (χ2n) is 4.13. The Bertz CT molecular complexity index is 397. The molecule has 0 amide bonds. The number of piperidine rings is 1. The molecule has 1 fully saturated rings. The van der Waals surface area contributed by atoms with Crippen molar-refractivity contribution in [2.24, 2.45) is 5.73 Å². The van der Waals surface area contributed by atoms with Crippen LogP contribution in [-0.2, 0) is 0 Å². The molecule has 3 nitrogen and oxygen atoms in total. The highest BCUT2D eigenvalue weighted by Crippen LogP contribution is 2.29. The second kappa shape index (κ2) is 4.74. The highest BCUT2D eigenvalue weighted by molar-refractivity contribution is 6.33. The lowest BCUT2D eigenvalue weighted by atomic mass is 10.1. The maximum absolute atomic E-state index is 7.35. The molecule has 0 atom stereocenters. The van der Waals surface area contributed by atoms with Crippen LogP contribution in [0.25, 0.3) is 0 Å². The lowest BCUT2D eigenvalue weighted by Crippen LogP contribution is -2.29. The number of nitrogens with two attached hydrogens (primary N) is 1. The molecule has 2 rings (SSSR count). The predicted octanol–water partition coefficient (Wildman–Crippen LogP) is 2.61. The van der Waals surface area contributed by atoms with Crippen LogP contribution in [0.15, 0.2) is 18.2 Å². The number of nitrogen functional groups attached to an aromatic ring is 1. The smallest absolute Gasteiger partial charge is 0.122 e. The van der Waals surface area contributed by atoms with Gasteiger partial charge in [-0.05, 0) is 37.5 Å². The van der Waals surface area contributed by atoms with Crippen LogP contribution in [-0.4, -0.2) is 18.9 Å². The van der Waals surface area contributed by atoms with Gasteiger partial charge < -0.3 is 10.6 Å². The van der Waals surface area contributed by atoms with E-state index >= 15 is 0 Å². The molecular weight excluding hydrogens is 222 g/mol. The summed E-state index contributed by atoms with van der Waals surface area (Å²) in [6.45, 7) is 2.14. The fraction of sp³-hybridized carbons (Fsp3) is 0.417. The molecule has 0 aromatic heterocycles. The maximum atomic E-state index is 7.35. The van der Waals surface area contributed by atoms with Crippen molar-refractivity contribution >= 4 is 23.1 Å². The van der Waals surface area contributed by atoms with Crippen LogP contribution in [0.2, 0.25) is 5.02 Å². The second-order valence-corrected chi connectivity index (χ2v) is 4.53. The average molecular weight is 238 g/mol. The zero-order valence-electron chi connectivity index (χ0n) is 9.17. The van der Waals surface area contributed by atoms with Crippen molar-refractivity contribution in [2.75, 3.05) is 18.0 Å². The highest BCUT2D eigenvalue weighted by Gasteiger charge is 2.14. The third kappa shape index (κ3) is 2.30. The van der Waals surface area contributed by atoms with E-state index in [1.54, 1.807) is 6.07 Å². The summed E-state index contributed by atoms with van der Waals surface area (Å²) in [4.78, 5) is 2.30. The van der Waals surface area contributed by atoms with E-state index < -0.39 is 0 Å². The number of nitrogens with one attached hydrogen (secondary N) is 1. The quantitative estimate of drug-likeness (QED) is 0.614. The Labute approximate surface area is 101 Å². The molecule has 0 radical (unpaired) electrons. The van der Waals surface area contributed by atoms with E-state index in [0.717, 1.165) is 18.8 Å². The van der Waals surface area contributed by atoms with Crippen molar-refractivity contribution in [3.05, 3.63) is 28.8 Å². The van der Waals surface area contributed by atoms with Crippen LogP contribution >= 0.6 is 11.6 Å². The first-order valence-electron chi connectivity index (χ1n) is 5.57. The van der Waals surface area contributed by atoms with Gasteiger partial charge in [0.15, 0.2) is 0 Å². The summed E-state index contributed by atoms with van der Waals surface area (Å²) in [6.07, 6.45) is 3.76. The highest BCUT2D eigenvalue weighted by atomic mass is 35.5. The number of halogens is 1. The summed E-state index contributed by atoms with van der Waals surface area (Å²) in [7, 11) is 0. The SMILES string of the molecule is N=C(N)c1ccc(N2CCCCC2)c(Cl)c1. The molecule has 1 aromatic rings. The van der Waals surface area contributed by atoms with E-state index in [1.807, 2.05) is 12.1 Å². The zero-order chi connectivity index (χ0) is 11.5. The molecule has 86 valence electrons. The van der Waals surface area contributed by atoms with Gasteiger partial charge in [0.25, 0.3) is 0 Å². The van der Waals surface area contributed by atoms with E-state index in [4.69, 9.17) is 22.7 Å². The third-order valence-corrected chi connectivity index (χ3v) is 3.26. The zero-order valence-corrected chi connectivity index (χ0v) is 9.93. The standard InChI is InChI=1S/C12H16ClN3/c13-10-8-9(12(14)15)4-5-11(10)16-6-2-1-3-7-16/h4-5,8H,1-3,6-7H2,(H3,14,15). The monoisotopic (exact) mass is 237 g/mol. The summed E-state index contributed by atoms with van der Waals surface area (Å²) in [5.41, 5.74) is 7.17. The molecule has 0 saturated carbocycles. The van der Waals surface area contributed by atoms with Crippen molar-refractivity contribution in [3.8, 4) is 0 Å². The first kappa shape index (κ1) is 11.3. The molecule has 1 aliphatic rings. The van der Waals surface area contributed by atoms with E-state index in [0.29, 0.717) is 10.6 Å². The van der Waals surface area contributed by atoms with Crippen molar-refractivity contribution < 1.29 is 0 Å². The predicted molar refractivity (Wildman–Crippen MR) is 68.5 cm³/mol. The number of anilines is 1. The van der Waals surface area contributed by atoms with Gasteiger partial charge in [0.05, 0.1) is 10.7 Å². The number of hydrogen-bond acceptors (Lipinski definition) is 2. The van der Waals surface area contributed by atoms with Crippen LogP contribution in [0.3, 0.4) is 0 Å². The topological polar surface area (TPSA) is 53.1 Å². The molecule has 1 aromatic carbocycles. The van der Waals surface area contributed by atoms with Gasteiger partial charge in [0, 0.05) is 18.7 Å². The van der Waals surface area contributed by atoms with Gasteiger partial charge in [0.2, 0.25) is 0 Å². The summed E-state index contributed by atoms with van der Waals surface area (Å²) in [5, 5.41) is 8.04. The fourth-order valence-electron chi connectivity index (χ4n) is 2.07. The first-order chi connectivity index (χ1) is 7.68. The van der Waals surface area contributed by atoms with Gasteiger partial charge in [-0.3, -0.25) is 5.41 Å². The van der Waals surface area contributed by atoms with Gasteiger partial charge >= 0.3 is 0 Å². The molecule has 1 saturated heterocycles. The number of benzene rings is 1. The van der Waals surface area contributed by atoms with Gasteiger partial charge in [-0.15, -0.1) is 0 Å². The minimum atomic E-state index is 0.0621. The molecule has 4 heteroatoms. The minimum Gasteiger partial charge on any atom is -0.384 e. The molecule has 0 aliphatic carbocycles. The largest absolute Gasteiger partial charge is 0.384 e. The van der Waals surface area contributed by atoms with E-state index in [2.05, 4.69) is 4.90 Å². The van der Waals surface area contributed by atoms with Crippen molar-refractivity contribution in [2.45, 2.75) is 19.3 Å². The Hall–Kier alpha value is -1.22. The van der Waals surface area contributed by atoms with Crippen LogP contribution < -0.4 is 10.6 Å². The van der Waals surface area contributed by atoms with Crippen LogP contribution in [0.1, 0.15) is 24.8 Å². The van der Waals surface area contributed by atoms with Crippen molar-refractivity contribution in [1.29, 1.82) is 5.41 Å². The molecule has 1 aliphatic heterocycles. The van der Waals surface area contributed by atoms with E-state index in [-0.39, 0.29) is 5.84 Å². The van der Waals surface area contributed by atoms with Crippen molar-refractivity contribution in [1.82, 2.24) is 0 Å². The number of rotatable bonds is 2. The van der Waals surface area contributed by atoms with Gasteiger partial charge in [-0.1, -0.05) is 11.6 Å². The third-order valence-electron chi connectivity index (χ3n) is 2.96. The lowest BCUT2D eigenvalue weighted by Gasteiger charge is -2.29. The molecule has 3 N–H and O–H groups in total. The number of hydrogen-bond donors (Lipinski definition) is 2. The van der Waals surface area contributed by atoms with Gasteiger partial charge in [0.1, 0.15) is 5.84 Å². The molecule has 0 spiro atoms. The Morgan fingerprint density at radius 1 is 1.25 bits per heavy atom.